The first-order valence-corrected chi connectivity index (χ1v) is 6.55. The summed E-state index contributed by atoms with van der Waals surface area (Å²) >= 11 is 0. The Balaban J connectivity index is 3.26. The number of anilines is 1. The zero-order valence-electron chi connectivity index (χ0n) is 8.65. The van der Waals surface area contributed by atoms with Crippen LogP contribution < -0.4 is 10.1 Å². The number of carbonyl (C=O) groups is 1. The van der Waals surface area contributed by atoms with Crippen LogP contribution in [0.3, 0.4) is 0 Å². The van der Waals surface area contributed by atoms with Crippen molar-refractivity contribution < 1.29 is 17.9 Å². The van der Waals surface area contributed by atoms with E-state index in [0.717, 1.165) is 0 Å². The van der Waals surface area contributed by atoms with Crippen molar-refractivity contribution in [1.29, 1.82) is 0 Å². The lowest BCUT2D eigenvalue weighted by Gasteiger charge is -2.07. The number of ether oxygens (including phenoxy) is 1. The van der Waals surface area contributed by atoms with E-state index < -0.39 is 9.05 Å². The largest absolute Gasteiger partial charge is 0.497 e. The molecule has 0 aliphatic carbocycles. The van der Waals surface area contributed by atoms with Crippen LogP contribution in [0.15, 0.2) is 23.1 Å². The van der Waals surface area contributed by atoms with Crippen molar-refractivity contribution in [1.82, 2.24) is 0 Å². The molecule has 0 atom stereocenters. The Morgan fingerprint density at radius 2 is 2.00 bits per heavy atom. The number of rotatable bonds is 3. The molecule has 7 heteroatoms. The number of halogens is 1. The fourth-order valence-corrected chi connectivity index (χ4v) is 1.90. The Bertz CT molecular complexity index is 512. The van der Waals surface area contributed by atoms with Gasteiger partial charge in [-0.15, -0.1) is 0 Å². The Hall–Kier alpha value is -1.27. The molecule has 0 fully saturated rings. The average molecular weight is 264 g/mol. The third-order valence-corrected chi connectivity index (χ3v) is 3.05. The summed E-state index contributed by atoms with van der Waals surface area (Å²) in [4.78, 5) is 10.7. The molecular weight excluding hydrogens is 254 g/mol. The highest BCUT2D eigenvalue weighted by atomic mass is 35.7. The highest BCUT2D eigenvalue weighted by Gasteiger charge is 2.13. The van der Waals surface area contributed by atoms with Crippen molar-refractivity contribution in [3.05, 3.63) is 18.2 Å². The summed E-state index contributed by atoms with van der Waals surface area (Å²) in [6.07, 6.45) is 0. The molecule has 0 aliphatic heterocycles. The number of carbonyl (C=O) groups excluding carboxylic acids is 1. The van der Waals surface area contributed by atoms with Gasteiger partial charge in [0.15, 0.2) is 0 Å². The monoisotopic (exact) mass is 263 g/mol. The summed E-state index contributed by atoms with van der Waals surface area (Å²) in [5.74, 6) is -0.0170. The molecule has 1 N–H and O–H groups in total. The predicted molar refractivity (Wildman–Crippen MR) is 60.3 cm³/mol. The normalized spacial score (nSPS) is 10.9. The number of amides is 1. The molecule has 0 spiro atoms. The minimum atomic E-state index is -3.85. The first-order valence-electron chi connectivity index (χ1n) is 4.24. The first kappa shape index (κ1) is 12.8. The van der Waals surface area contributed by atoms with Gasteiger partial charge in [0.1, 0.15) is 5.75 Å². The van der Waals surface area contributed by atoms with E-state index in [9.17, 15) is 13.2 Å². The molecule has 0 aliphatic rings. The topological polar surface area (TPSA) is 72.5 Å². The van der Waals surface area contributed by atoms with Gasteiger partial charge in [0.2, 0.25) is 5.91 Å². The molecule has 0 bridgehead atoms. The van der Waals surface area contributed by atoms with Crippen LogP contribution in [0.5, 0.6) is 5.75 Å². The molecule has 0 saturated carbocycles. The van der Waals surface area contributed by atoms with Crippen LogP contribution in [0.25, 0.3) is 0 Å². The summed E-state index contributed by atoms with van der Waals surface area (Å²) < 4.78 is 27.2. The van der Waals surface area contributed by atoms with Crippen molar-refractivity contribution in [3.63, 3.8) is 0 Å². The van der Waals surface area contributed by atoms with E-state index in [-0.39, 0.29) is 10.8 Å². The van der Waals surface area contributed by atoms with Gasteiger partial charge in [-0.2, -0.15) is 0 Å². The Morgan fingerprint density at radius 3 is 2.44 bits per heavy atom. The first-order chi connectivity index (χ1) is 7.32. The Labute approximate surface area is 97.8 Å². The van der Waals surface area contributed by atoms with Gasteiger partial charge in [0.25, 0.3) is 9.05 Å². The second-order valence-electron chi connectivity index (χ2n) is 3.02. The van der Waals surface area contributed by atoms with Crippen LogP contribution in [0.2, 0.25) is 0 Å². The molecule has 0 heterocycles. The summed E-state index contributed by atoms with van der Waals surface area (Å²) in [5.41, 5.74) is 0.311. The Kier molecular flexibility index (Phi) is 3.77. The van der Waals surface area contributed by atoms with E-state index in [1.807, 2.05) is 0 Å². The van der Waals surface area contributed by atoms with Gasteiger partial charge in [-0.25, -0.2) is 8.42 Å². The molecular formula is C9H10ClNO4S. The lowest BCUT2D eigenvalue weighted by atomic mass is 10.3. The highest BCUT2D eigenvalue weighted by molar-refractivity contribution is 8.13. The minimum absolute atomic E-state index is 0.128. The van der Waals surface area contributed by atoms with Crippen molar-refractivity contribution in [2.45, 2.75) is 11.8 Å². The van der Waals surface area contributed by atoms with Crippen molar-refractivity contribution in [3.8, 4) is 5.75 Å². The van der Waals surface area contributed by atoms with Crippen molar-refractivity contribution in [2.75, 3.05) is 12.4 Å². The van der Waals surface area contributed by atoms with Gasteiger partial charge < -0.3 is 10.1 Å². The molecule has 0 radical (unpaired) electrons. The number of benzene rings is 1. The molecule has 1 aromatic carbocycles. The van der Waals surface area contributed by atoms with Gasteiger partial charge in [0, 0.05) is 35.4 Å². The lowest BCUT2D eigenvalue weighted by molar-refractivity contribution is -0.114. The molecule has 16 heavy (non-hydrogen) atoms. The summed E-state index contributed by atoms with van der Waals surface area (Å²) in [7, 11) is 2.73. The summed E-state index contributed by atoms with van der Waals surface area (Å²) in [6, 6.07) is 4.02. The maximum Gasteiger partial charge on any atom is 0.261 e. The molecule has 0 saturated heterocycles. The van der Waals surface area contributed by atoms with Gasteiger partial charge in [0.05, 0.1) is 12.0 Å². The van der Waals surface area contributed by atoms with E-state index in [1.165, 1.54) is 32.2 Å². The van der Waals surface area contributed by atoms with E-state index >= 15 is 0 Å². The fourth-order valence-electron chi connectivity index (χ4n) is 1.11. The molecule has 1 aromatic rings. The minimum Gasteiger partial charge on any atom is -0.497 e. The SMILES string of the molecule is COc1cc(NC(C)=O)cc(S(=O)(=O)Cl)c1. The zero-order valence-corrected chi connectivity index (χ0v) is 10.2. The third-order valence-electron chi connectivity index (χ3n) is 1.72. The fraction of sp³-hybridized carbons (Fsp3) is 0.222. The second-order valence-corrected chi connectivity index (χ2v) is 5.58. The molecule has 1 rings (SSSR count). The predicted octanol–water partition coefficient (Wildman–Crippen LogP) is 1.58. The molecule has 88 valence electrons. The third kappa shape index (κ3) is 3.39. The smallest absolute Gasteiger partial charge is 0.261 e. The highest BCUT2D eigenvalue weighted by Crippen LogP contribution is 2.26. The number of hydrogen-bond acceptors (Lipinski definition) is 4. The van der Waals surface area contributed by atoms with Crippen LogP contribution in [-0.4, -0.2) is 21.4 Å². The number of methoxy groups -OCH3 is 1. The number of nitrogens with one attached hydrogen (secondary N) is 1. The van der Waals surface area contributed by atoms with E-state index in [4.69, 9.17) is 15.4 Å². The summed E-state index contributed by atoms with van der Waals surface area (Å²) in [5, 5.41) is 2.45. The maximum absolute atomic E-state index is 11.1. The molecule has 5 nitrogen and oxygen atoms in total. The van der Waals surface area contributed by atoms with E-state index in [0.29, 0.717) is 11.4 Å². The molecule has 1 amide bonds. The van der Waals surface area contributed by atoms with Gasteiger partial charge in [-0.3, -0.25) is 4.79 Å². The number of hydrogen-bond donors (Lipinski definition) is 1. The average Bonchev–Trinajstić information content (AvgIpc) is 2.14. The van der Waals surface area contributed by atoms with Crippen LogP contribution in [0, 0.1) is 0 Å². The van der Waals surface area contributed by atoms with E-state index in [1.54, 1.807) is 0 Å². The standard InChI is InChI=1S/C9H10ClNO4S/c1-6(12)11-7-3-8(15-2)5-9(4-7)16(10,13)14/h3-5H,1-2H3,(H,11,12). The van der Waals surface area contributed by atoms with Crippen LogP contribution in [0.4, 0.5) is 5.69 Å². The van der Waals surface area contributed by atoms with Crippen LogP contribution in [-0.2, 0) is 13.8 Å². The van der Waals surface area contributed by atoms with Gasteiger partial charge >= 0.3 is 0 Å². The van der Waals surface area contributed by atoms with Gasteiger partial charge in [-0.1, -0.05) is 0 Å². The zero-order chi connectivity index (χ0) is 12.3. The summed E-state index contributed by atoms with van der Waals surface area (Å²) in [6.45, 7) is 1.31. The molecule has 0 aromatic heterocycles. The van der Waals surface area contributed by atoms with Crippen molar-refractivity contribution >= 4 is 31.3 Å². The van der Waals surface area contributed by atoms with Crippen LogP contribution >= 0.6 is 10.7 Å². The van der Waals surface area contributed by atoms with Crippen LogP contribution in [0.1, 0.15) is 6.92 Å². The Morgan fingerprint density at radius 1 is 1.38 bits per heavy atom. The van der Waals surface area contributed by atoms with E-state index in [2.05, 4.69) is 5.32 Å². The lowest BCUT2D eigenvalue weighted by Crippen LogP contribution is -2.06. The maximum atomic E-state index is 11.1. The van der Waals surface area contributed by atoms with Gasteiger partial charge in [-0.05, 0) is 6.07 Å². The second kappa shape index (κ2) is 4.71. The quantitative estimate of drug-likeness (QED) is 0.841. The van der Waals surface area contributed by atoms with Crippen molar-refractivity contribution in [2.24, 2.45) is 0 Å². The molecule has 0 unspecified atom stereocenters.